The Morgan fingerprint density at radius 1 is 1.30 bits per heavy atom. The van der Waals surface area contributed by atoms with Gasteiger partial charge in [-0.1, -0.05) is 6.92 Å². The summed E-state index contributed by atoms with van der Waals surface area (Å²) in [4.78, 5) is 23.6. The highest BCUT2D eigenvalue weighted by Gasteiger charge is 2.39. The summed E-state index contributed by atoms with van der Waals surface area (Å²) >= 11 is 0. The molecule has 2 atom stereocenters. The average Bonchev–Trinajstić information content (AvgIpc) is 3.17. The van der Waals surface area contributed by atoms with Crippen LogP contribution in [-0.4, -0.2) is 24.5 Å². The first-order valence-corrected chi connectivity index (χ1v) is 7.04. The molecule has 0 bridgehead atoms. The Kier molecular flexibility index (Phi) is 4.63. The maximum atomic E-state index is 13.9. The van der Waals surface area contributed by atoms with E-state index >= 15 is 0 Å². The molecule has 8 heteroatoms. The van der Waals surface area contributed by atoms with Crippen molar-refractivity contribution in [1.29, 1.82) is 0 Å². The molecule has 2 amide bonds. The van der Waals surface area contributed by atoms with Crippen LogP contribution in [0.2, 0.25) is 0 Å². The van der Waals surface area contributed by atoms with Gasteiger partial charge in [0.15, 0.2) is 0 Å². The number of amides is 2. The van der Waals surface area contributed by atoms with Gasteiger partial charge in [0.05, 0.1) is 0 Å². The van der Waals surface area contributed by atoms with E-state index in [0.29, 0.717) is 0 Å². The smallest absolute Gasteiger partial charge is 0.343 e. The van der Waals surface area contributed by atoms with Gasteiger partial charge in [-0.3, -0.25) is 9.59 Å². The van der Waals surface area contributed by atoms with Crippen LogP contribution in [0, 0.1) is 24.6 Å². The number of nitrogens with one attached hydrogen (secondary N) is 2. The highest BCUT2D eigenvalue weighted by Crippen LogP contribution is 2.38. The molecule has 1 saturated carbocycles. The average molecular weight is 332 g/mol. The lowest BCUT2D eigenvalue weighted by Gasteiger charge is -2.13. The van der Waals surface area contributed by atoms with Gasteiger partial charge in [-0.2, -0.15) is 13.2 Å². The number of carbonyl (C=O) groups is 2. The van der Waals surface area contributed by atoms with E-state index in [-0.39, 0.29) is 34.6 Å². The molecule has 1 aromatic rings. The van der Waals surface area contributed by atoms with Crippen LogP contribution in [0.15, 0.2) is 12.1 Å². The van der Waals surface area contributed by atoms with Crippen LogP contribution in [0.3, 0.4) is 0 Å². The van der Waals surface area contributed by atoms with Gasteiger partial charge >= 0.3 is 6.18 Å². The fourth-order valence-electron chi connectivity index (χ4n) is 2.14. The van der Waals surface area contributed by atoms with Gasteiger partial charge in [0.2, 0.25) is 5.91 Å². The zero-order valence-electron chi connectivity index (χ0n) is 12.6. The number of halogens is 4. The van der Waals surface area contributed by atoms with E-state index in [0.717, 1.165) is 12.5 Å². The monoisotopic (exact) mass is 332 g/mol. The summed E-state index contributed by atoms with van der Waals surface area (Å²) in [7, 11) is 0. The van der Waals surface area contributed by atoms with Crippen LogP contribution in [0.5, 0.6) is 0 Å². The molecular weight excluding hydrogens is 316 g/mol. The van der Waals surface area contributed by atoms with Crippen LogP contribution in [0.1, 0.15) is 29.3 Å². The van der Waals surface area contributed by atoms with Crippen LogP contribution in [0.25, 0.3) is 0 Å². The molecule has 0 aromatic heterocycles. The number of benzene rings is 1. The predicted octanol–water partition coefficient (Wildman–Crippen LogP) is 3.02. The lowest BCUT2D eigenvalue weighted by molar-refractivity contribution is -0.123. The Hall–Kier alpha value is -2.12. The van der Waals surface area contributed by atoms with Crippen molar-refractivity contribution in [2.24, 2.45) is 11.8 Å². The molecule has 2 rings (SSSR count). The van der Waals surface area contributed by atoms with Gasteiger partial charge in [-0.15, -0.1) is 0 Å². The Morgan fingerprint density at radius 3 is 2.43 bits per heavy atom. The minimum Gasteiger partial charge on any atom is -0.343 e. The normalized spacial score (nSPS) is 20.1. The minimum absolute atomic E-state index is 0.0891. The summed E-state index contributed by atoms with van der Waals surface area (Å²) in [6, 6.07) is 2.02. The van der Waals surface area contributed by atoms with Crippen molar-refractivity contribution < 1.29 is 27.2 Å². The summed E-state index contributed by atoms with van der Waals surface area (Å²) in [6.45, 7) is 1.81. The van der Waals surface area contributed by atoms with E-state index < -0.39 is 24.4 Å². The van der Waals surface area contributed by atoms with Crippen molar-refractivity contribution in [2.75, 3.05) is 11.9 Å². The van der Waals surface area contributed by atoms with Crippen molar-refractivity contribution in [3.05, 3.63) is 29.1 Å². The largest absolute Gasteiger partial charge is 0.405 e. The first-order valence-electron chi connectivity index (χ1n) is 7.04. The summed E-state index contributed by atoms with van der Waals surface area (Å²) in [5.74, 6) is -2.02. The SMILES string of the molecule is Cc1c(F)cc(C(=O)NCC(F)(F)F)cc1NC(=O)[C@@H]1C[C@@H]1C. The maximum absolute atomic E-state index is 13.9. The van der Waals surface area contributed by atoms with Gasteiger partial charge in [0.1, 0.15) is 12.4 Å². The molecule has 0 saturated heterocycles. The van der Waals surface area contributed by atoms with E-state index in [1.165, 1.54) is 13.0 Å². The van der Waals surface area contributed by atoms with Crippen molar-refractivity contribution >= 4 is 17.5 Å². The Balaban J connectivity index is 2.15. The van der Waals surface area contributed by atoms with Crippen LogP contribution < -0.4 is 10.6 Å². The minimum atomic E-state index is -4.56. The Labute approximate surface area is 130 Å². The molecule has 1 aromatic carbocycles. The molecular formula is C15H16F4N2O2. The van der Waals surface area contributed by atoms with E-state index in [9.17, 15) is 27.2 Å². The van der Waals surface area contributed by atoms with Gasteiger partial charge in [-0.25, -0.2) is 4.39 Å². The standard InChI is InChI=1S/C15H16F4N2O2/c1-7-3-10(7)14(23)21-12-5-9(4-11(16)8(12)2)13(22)20-6-15(17,18)19/h4-5,7,10H,3,6H2,1-2H3,(H,20,22)(H,21,23)/t7-,10+/m0/s1. The third-order valence-corrected chi connectivity index (χ3v) is 3.76. The van der Waals surface area contributed by atoms with E-state index in [2.05, 4.69) is 5.32 Å². The highest BCUT2D eigenvalue weighted by molar-refractivity contribution is 5.99. The summed E-state index contributed by atoms with van der Waals surface area (Å²) in [6.07, 6.45) is -3.82. The number of rotatable bonds is 4. The Morgan fingerprint density at radius 2 is 1.91 bits per heavy atom. The van der Waals surface area contributed by atoms with Crippen molar-refractivity contribution in [3.63, 3.8) is 0 Å². The molecule has 1 fully saturated rings. The number of hydrogen-bond acceptors (Lipinski definition) is 2. The molecule has 0 unspecified atom stereocenters. The van der Waals surface area contributed by atoms with Crippen molar-refractivity contribution in [2.45, 2.75) is 26.4 Å². The zero-order valence-corrected chi connectivity index (χ0v) is 12.6. The van der Waals surface area contributed by atoms with Crippen molar-refractivity contribution in [1.82, 2.24) is 5.32 Å². The van der Waals surface area contributed by atoms with Crippen LogP contribution in [-0.2, 0) is 4.79 Å². The molecule has 0 heterocycles. The Bertz CT molecular complexity index is 643. The van der Waals surface area contributed by atoms with Gasteiger partial charge < -0.3 is 10.6 Å². The number of anilines is 1. The second-order valence-electron chi connectivity index (χ2n) is 5.74. The van der Waals surface area contributed by atoms with Crippen LogP contribution >= 0.6 is 0 Å². The highest BCUT2D eigenvalue weighted by atomic mass is 19.4. The van der Waals surface area contributed by atoms with Crippen LogP contribution in [0.4, 0.5) is 23.2 Å². The molecule has 0 spiro atoms. The fraction of sp³-hybridized carbons (Fsp3) is 0.467. The third kappa shape index (κ3) is 4.43. The number of hydrogen-bond donors (Lipinski definition) is 2. The van der Waals surface area contributed by atoms with Gasteiger partial charge in [-0.05, 0) is 31.4 Å². The first-order chi connectivity index (χ1) is 10.6. The first kappa shape index (κ1) is 17.2. The summed E-state index contributed by atoms with van der Waals surface area (Å²) in [5, 5.41) is 4.19. The molecule has 1 aliphatic rings. The topological polar surface area (TPSA) is 58.2 Å². The van der Waals surface area contributed by atoms with Crippen molar-refractivity contribution in [3.8, 4) is 0 Å². The van der Waals surface area contributed by atoms with E-state index in [1.54, 1.807) is 5.32 Å². The predicted molar refractivity (Wildman–Crippen MR) is 75.4 cm³/mol. The molecule has 0 radical (unpaired) electrons. The lowest BCUT2D eigenvalue weighted by Crippen LogP contribution is -2.33. The zero-order chi connectivity index (χ0) is 17.4. The molecule has 0 aliphatic heterocycles. The van der Waals surface area contributed by atoms with Gasteiger partial charge in [0.25, 0.3) is 5.91 Å². The quantitative estimate of drug-likeness (QED) is 0.833. The molecule has 23 heavy (non-hydrogen) atoms. The molecule has 2 N–H and O–H groups in total. The van der Waals surface area contributed by atoms with Gasteiger partial charge in [0, 0.05) is 22.7 Å². The van der Waals surface area contributed by atoms with E-state index in [1.807, 2.05) is 6.92 Å². The molecule has 1 aliphatic carbocycles. The number of carbonyl (C=O) groups excluding carboxylic acids is 2. The maximum Gasteiger partial charge on any atom is 0.405 e. The lowest BCUT2D eigenvalue weighted by atomic mass is 10.1. The van der Waals surface area contributed by atoms with E-state index in [4.69, 9.17) is 0 Å². The fourth-order valence-corrected chi connectivity index (χ4v) is 2.14. The second-order valence-corrected chi connectivity index (χ2v) is 5.74. The third-order valence-electron chi connectivity index (χ3n) is 3.76. The summed E-state index contributed by atoms with van der Waals surface area (Å²) < 4.78 is 50.2. The number of alkyl halides is 3. The molecule has 4 nitrogen and oxygen atoms in total. The molecule has 126 valence electrons. The summed E-state index contributed by atoms with van der Waals surface area (Å²) in [5.41, 5.74) is -0.0678. The second kappa shape index (κ2) is 6.17.